The number of isocyanates is 1. The largest absolute Gasteiger partial charge is 0.411 e. The molecule has 0 aliphatic heterocycles. The molecule has 0 heterocycles. The predicted molar refractivity (Wildman–Crippen MR) is 56.0 cm³/mol. The summed E-state index contributed by atoms with van der Waals surface area (Å²) in [7, 11) is -0.428. The summed E-state index contributed by atoms with van der Waals surface area (Å²) in [5, 5.41) is 0. The van der Waals surface area contributed by atoms with Gasteiger partial charge < -0.3 is 9.47 Å². The third kappa shape index (κ3) is 13.5. The molecule has 11 heteroatoms. The Balaban J connectivity index is 4.13. The molecule has 0 N–H and O–H groups in total. The summed E-state index contributed by atoms with van der Waals surface area (Å²) < 4.78 is 80.1. The van der Waals surface area contributed by atoms with E-state index in [2.05, 4.69) is 14.5 Å². The maximum absolute atomic E-state index is 11.9. The highest BCUT2D eigenvalue weighted by molar-refractivity contribution is 6.36. The van der Waals surface area contributed by atoms with Crippen LogP contribution in [0.4, 0.5) is 26.3 Å². The minimum absolute atomic E-state index is 0.0990. The first kappa shape index (κ1) is 19.1. The number of hydrogen-bond donors (Lipinski definition) is 0. The van der Waals surface area contributed by atoms with Crippen molar-refractivity contribution in [3.63, 3.8) is 0 Å². The number of alkyl halides is 6. The highest BCUT2D eigenvalue weighted by atomic mass is 28.2. The molecule has 0 fully saturated rings. The SMILES string of the molecule is O=C=NCCC[Si]C(OCC(F)(F)F)OCC(F)(F)F. The first-order valence-corrected chi connectivity index (χ1v) is 6.56. The Hall–Kier alpha value is -0.903. The molecule has 0 aromatic rings. The van der Waals surface area contributed by atoms with E-state index in [0.29, 0.717) is 6.42 Å². The lowest BCUT2D eigenvalue weighted by Crippen LogP contribution is -2.33. The van der Waals surface area contributed by atoms with Crippen LogP contribution in [0.3, 0.4) is 0 Å². The Labute approximate surface area is 113 Å². The van der Waals surface area contributed by atoms with Crippen LogP contribution in [0.2, 0.25) is 6.04 Å². The van der Waals surface area contributed by atoms with E-state index >= 15 is 0 Å². The molecule has 0 aliphatic rings. The second-order valence-corrected chi connectivity index (χ2v) is 4.84. The van der Waals surface area contributed by atoms with Crippen LogP contribution in [-0.2, 0) is 14.3 Å². The summed E-state index contributed by atoms with van der Waals surface area (Å²) in [6, 6.07) is 0.228. The molecule has 0 saturated heterocycles. The van der Waals surface area contributed by atoms with Crippen LogP contribution in [0.1, 0.15) is 6.42 Å². The average molecular weight is 323 g/mol. The molecule has 0 aliphatic carbocycles. The zero-order chi connectivity index (χ0) is 15.6. The molecule has 0 rings (SSSR count). The van der Waals surface area contributed by atoms with Gasteiger partial charge in [-0.1, -0.05) is 6.04 Å². The van der Waals surface area contributed by atoms with E-state index in [1.165, 1.54) is 6.08 Å². The number of aliphatic imine (C=N–C) groups is 1. The minimum atomic E-state index is -4.65. The van der Waals surface area contributed by atoms with Gasteiger partial charge in [-0.2, -0.15) is 26.3 Å². The van der Waals surface area contributed by atoms with Crippen LogP contribution in [-0.4, -0.2) is 53.6 Å². The fraction of sp³-hybridized carbons (Fsp3) is 0.889. The van der Waals surface area contributed by atoms with Crippen molar-refractivity contribution in [2.24, 2.45) is 4.99 Å². The summed E-state index contributed by atoms with van der Waals surface area (Å²) in [5.41, 5.74) is 0. The first-order chi connectivity index (χ1) is 9.14. The normalized spacial score (nSPS) is 12.6. The Morgan fingerprint density at radius 1 is 1.05 bits per heavy atom. The van der Waals surface area contributed by atoms with Crippen molar-refractivity contribution in [1.29, 1.82) is 0 Å². The first-order valence-electron chi connectivity index (χ1n) is 5.28. The number of carbonyl (C=O) groups excluding carboxylic acids is 1. The molecule has 20 heavy (non-hydrogen) atoms. The standard InChI is InChI=1S/C9H11F6NO3Si/c10-8(11,12)4-18-7(19-5-9(13,14)15)20-3-1-2-16-6-17/h7H,1-5H2. The lowest BCUT2D eigenvalue weighted by Gasteiger charge is -2.19. The Morgan fingerprint density at radius 3 is 1.95 bits per heavy atom. The lowest BCUT2D eigenvalue weighted by atomic mass is 10.5. The number of nitrogens with zero attached hydrogens (tertiary/aromatic N) is 1. The van der Waals surface area contributed by atoms with Gasteiger partial charge in [0.25, 0.3) is 0 Å². The molecule has 0 bridgehead atoms. The van der Waals surface area contributed by atoms with Crippen LogP contribution < -0.4 is 0 Å². The molecule has 116 valence electrons. The van der Waals surface area contributed by atoms with Crippen molar-refractivity contribution in [3.05, 3.63) is 0 Å². The van der Waals surface area contributed by atoms with Gasteiger partial charge in [0.1, 0.15) is 28.6 Å². The molecule has 0 aromatic carbocycles. The highest BCUT2D eigenvalue weighted by Crippen LogP contribution is 2.19. The fourth-order valence-electron chi connectivity index (χ4n) is 0.930. The molecule has 0 amide bonds. The number of ether oxygens (including phenoxy) is 2. The molecule has 2 radical (unpaired) electrons. The molecule has 0 atom stereocenters. The van der Waals surface area contributed by atoms with Gasteiger partial charge in [0.15, 0.2) is 0 Å². The molecule has 0 spiro atoms. The van der Waals surface area contributed by atoms with E-state index in [0.717, 1.165) is 0 Å². The van der Waals surface area contributed by atoms with E-state index in [4.69, 9.17) is 0 Å². The van der Waals surface area contributed by atoms with E-state index in [9.17, 15) is 31.1 Å². The van der Waals surface area contributed by atoms with Crippen molar-refractivity contribution in [1.82, 2.24) is 0 Å². The second kappa shape index (κ2) is 9.11. The Morgan fingerprint density at radius 2 is 1.55 bits per heavy atom. The van der Waals surface area contributed by atoms with Gasteiger partial charge in [0.2, 0.25) is 6.08 Å². The van der Waals surface area contributed by atoms with Crippen LogP contribution in [0.15, 0.2) is 4.99 Å². The Kier molecular flexibility index (Phi) is 8.70. The van der Waals surface area contributed by atoms with Gasteiger partial charge in [0.05, 0.1) is 6.54 Å². The number of hydrogen-bond acceptors (Lipinski definition) is 4. The fourth-order valence-corrected chi connectivity index (χ4v) is 1.93. The second-order valence-electron chi connectivity index (χ2n) is 3.46. The van der Waals surface area contributed by atoms with Crippen LogP contribution in [0.5, 0.6) is 0 Å². The van der Waals surface area contributed by atoms with Crippen molar-refractivity contribution < 1.29 is 40.6 Å². The molecule has 0 saturated carbocycles. The van der Waals surface area contributed by atoms with Crippen molar-refractivity contribution in [2.75, 3.05) is 19.8 Å². The molecular formula is C9H11F6NO3Si. The quantitative estimate of drug-likeness (QED) is 0.163. The third-order valence-corrected chi connectivity index (χ3v) is 2.93. The Bertz CT molecular complexity index is 298. The zero-order valence-electron chi connectivity index (χ0n) is 10.1. The summed E-state index contributed by atoms with van der Waals surface area (Å²) >= 11 is 0. The van der Waals surface area contributed by atoms with Gasteiger partial charge in [-0.15, -0.1) is 0 Å². The monoisotopic (exact) mass is 323 g/mol. The van der Waals surface area contributed by atoms with E-state index < -0.39 is 41.0 Å². The van der Waals surface area contributed by atoms with Gasteiger partial charge in [0, 0.05) is 0 Å². The lowest BCUT2D eigenvalue weighted by molar-refractivity contribution is -0.238. The van der Waals surface area contributed by atoms with E-state index in [-0.39, 0.29) is 12.6 Å². The topological polar surface area (TPSA) is 47.9 Å². The smallest absolute Gasteiger partial charge is 0.348 e. The average Bonchev–Trinajstić information content (AvgIpc) is 2.29. The minimum Gasteiger partial charge on any atom is -0.348 e. The third-order valence-electron chi connectivity index (χ3n) is 1.62. The highest BCUT2D eigenvalue weighted by Gasteiger charge is 2.32. The molecule has 0 unspecified atom stereocenters. The van der Waals surface area contributed by atoms with Gasteiger partial charge >= 0.3 is 12.4 Å². The van der Waals surface area contributed by atoms with Crippen LogP contribution in [0.25, 0.3) is 0 Å². The van der Waals surface area contributed by atoms with Gasteiger partial charge in [-0.25, -0.2) is 9.79 Å². The van der Waals surface area contributed by atoms with Crippen LogP contribution in [0, 0.1) is 0 Å². The maximum atomic E-state index is 11.9. The number of rotatable bonds is 9. The van der Waals surface area contributed by atoms with E-state index in [1.54, 1.807) is 0 Å². The van der Waals surface area contributed by atoms with Gasteiger partial charge in [-0.05, 0) is 6.42 Å². The van der Waals surface area contributed by atoms with Crippen LogP contribution >= 0.6 is 0 Å². The molecular weight excluding hydrogens is 312 g/mol. The summed E-state index contributed by atoms with van der Waals surface area (Å²) in [6.45, 7) is -3.27. The van der Waals surface area contributed by atoms with E-state index in [1.807, 2.05) is 0 Å². The van der Waals surface area contributed by atoms with Gasteiger partial charge in [-0.3, -0.25) is 0 Å². The summed E-state index contributed by atoms with van der Waals surface area (Å²) in [5.74, 6) is -1.58. The van der Waals surface area contributed by atoms with Crippen molar-refractivity contribution in [2.45, 2.75) is 30.7 Å². The predicted octanol–water partition coefficient (Wildman–Crippen LogP) is 2.28. The van der Waals surface area contributed by atoms with Crippen molar-refractivity contribution >= 4 is 15.6 Å². The molecule has 0 aromatic heterocycles. The maximum Gasteiger partial charge on any atom is 0.411 e. The summed E-state index contributed by atoms with van der Waals surface area (Å²) in [4.78, 5) is 12.9. The summed E-state index contributed by atoms with van der Waals surface area (Å²) in [6.07, 6.45) is -7.71. The molecule has 4 nitrogen and oxygen atoms in total. The zero-order valence-corrected chi connectivity index (χ0v) is 11.1. The number of halogens is 6. The van der Waals surface area contributed by atoms with Crippen molar-refractivity contribution in [3.8, 4) is 0 Å².